The SMILES string of the molecule is Nc1n[nH]c(=O)c2[nH]cc(-c3ccc4ccccc4c3)c12. The lowest BCUT2D eigenvalue weighted by molar-refractivity contribution is 1.02. The zero-order chi connectivity index (χ0) is 14.4. The number of fused-ring (bicyclic) bond motifs is 2. The summed E-state index contributed by atoms with van der Waals surface area (Å²) in [5.41, 5.74) is 7.98. The molecular weight excluding hydrogens is 264 g/mol. The summed E-state index contributed by atoms with van der Waals surface area (Å²) in [6, 6.07) is 14.3. The average molecular weight is 276 g/mol. The lowest BCUT2D eigenvalue weighted by atomic mass is 10.0. The second-order valence-corrected chi connectivity index (χ2v) is 4.95. The van der Waals surface area contributed by atoms with Gasteiger partial charge in [0.15, 0.2) is 5.82 Å². The molecule has 0 aliphatic heterocycles. The third-order valence-corrected chi connectivity index (χ3v) is 3.70. The van der Waals surface area contributed by atoms with Crippen molar-refractivity contribution in [1.82, 2.24) is 15.2 Å². The minimum atomic E-state index is -0.272. The van der Waals surface area contributed by atoms with Gasteiger partial charge in [-0.3, -0.25) is 4.79 Å². The van der Waals surface area contributed by atoms with Gasteiger partial charge in [0.1, 0.15) is 5.52 Å². The van der Waals surface area contributed by atoms with Crippen LogP contribution in [0.15, 0.2) is 53.5 Å². The molecule has 21 heavy (non-hydrogen) atoms. The number of anilines is 1. The second-order valence-electron chi connectivity index (χ2n) is 4.95. The summed E-state index contributed by atoms with van der Waals surface area (Å²) in [6.07, 6.45) is 1.79. The molecule has 102 valence electrons. The van der Waals surface area contributed by atoms with Crippen molar-refractivity contribution in [3.05, 3.63) is 59.0 Å². The number of nitrogens with one attached hydrogen (secondary N) is 2. The fraction of sp³-hybridized carbons (Fsp3) is 0. The van der Waals surface area contributed by atoms with Crippen LogP contribution in [0, 0.1) is 0 Å². The molecule has 0 bridgehead atoms. The molecule has 2 heterocycles. The lowest BCUT2D eigenvalue weighted by Crippen LogP contribution is -2.10. The minimum Gasteiger partial charge on any atom is -0.382 e. The highest BCUT2D eigenvalue weighted by Crippen LogP contribution is 2.31. The van der Waals surface area contributed by atoms with Crippen LogP contribution in [0.5, 0.6) is 0 Å². The zero-order valence-corrected chi connectivity index (χ0v) is 11.1. The Morgan fingerprint density at radius 3 is 2.71 bits per heavy atom. The van der Waals surface area contributed by atoms with Crippen LogP contribution in [0.3, 0.4) is 0 Å². The molecule has 5 nitrogen and oxygen atoms in total. The van der Waals surface area contributed by atoms with Crippen LogP contribution in [0.2, 0.25) is 0 Å². The van der Waals surface area contributed by atoms with Crippen LogP contribution in [0.1, 0.15) is 0 Å². The molecule has 0 atom stereocenters. The van der Waals surface area contributed by atoms with Gasteiger partial charge in [0.05, 0.1) is 5.39 Å². The van der Waals surface area contributed by atoms with E-state index >= 15 is 0 Å². The number of hydrogen-bond donors (Lipinski definition) is 3. The summed E-state index contributed by atoms with van der Waals surface area (Å²) in [4.78, 5) is 14.8. The Morgan fingerprint density at radius 1 is 1.05 bits per heavy atom. The van der Waals surface area contributed by atoms with E-state index in [9.17, 15) is 4.79 Å². The van der Waals surface area contributed by atoms with E-state index in [2.05, 4.69) is 39.4 Å². The molecule has 0 aliphatic rings. The topological polar surface area (TPSA) is 87.6 Å². The maximum Gasteiger partial charge on any atom is 0.288 e. The highest BCUT2D eigenvalue weighted by molar-refractivity contribution is 6.02. The molecule has 2 aromatic carbocycles. The number of hydrogen-bond acceptors (Lipinski definition) is 3. The van der Waals surface area contributed by atoms with E-state index in [0.717, 1.165) is 16.5 Å². The standard InChI is InChI=1S/C16H12N4O/c17-15-13-12(8-18-14(13)16(21)20-19-15)11-6-5-9-3-1-2-4-10(9)7-11/h1-8,18H,(H2,17,19)(H,20,21). The summed E-state index contributed by atoms with van der Waals surface area (Å²) in [6.45, 7) is 0. The van der Waals surface area contributed by atoms with Gasteiger partial charge in [0.25, 0.3) is 5.56 Å². The van der Waals surface area contributed by atoms with Crippen molar-refractivity contribution < 1.29 is 0 Å². The molecule has 4 N–H and O–H groups in total. The number of rotatable bonds is 1. The molecule has 2 aromatic heterocycles. The molecule has 0 amide bonds. The number of nitrogens with zero attached hydrogens (tertiary/aromatic N) is 1. The van der Waals surface area contributed by atoms with Crippen LogP contribution in [0.25, 0.3) is 32.8 Å². The lowest BCUT2D eigenvalue weighted by Gasteiger charge is -2.04. The number of nitrogens with two attached hydrogens (primary N) is 1. The fourth-order valence-electron chi connectivity index (χ4n) is 2.68. The summed E-state index contributed by atoms with van der Waals surface area (Å²) >= 11 is 0. The highest BCUT2D eigenvalue weighted by Gasteiger charge is 2.13. The van der Waals surface area contributed by atoms with E-state index < -0.39 is 0 Å². The van der Waals surface area contributed by atoms with Crippen molar-refractivity contribution in [2.75, 3.05) is 5.73 Å². The van der Waals surface area contributed by atoms with Crippen LogP contribution < -0.4 is 11.3 Å². The van der Waals surface area contributed by atoms with Crippen molar-refractivity contribution in [2.45, 2.75) is 0 Å². The minimum absolute atomic E-state index is 0.272. The van der Waals surface area contributed by atoms with E-state index in [1.165, 1.54) is 5.39 Å². The number of aromatic amines is 2. The molecule has 0 fully saturated rings. The Bertz CT molecular complexity index is 1030. The molecule has 0 aliphatic carbocycles. The Balaban J connectivity index is 2.04. The molecule has 0 radical (unpaired) electrons. The molecule has 0 spiro atoms. The van der Waals surface area contributed by atoms with E-state index in [0.29, 0.717) is 16.7 Å². The van der Waals surface area contributed by atoms with Gasteiger partial charge in [0.2, 0.25) is 0 Å². The molecule has 4 aromatic rings. The predicted octanol–water partition coefficient (Wildman–Crippen LogP) is 2.65. The zero-order valence-electron chi connectivity index (χ0n) is 11.1. The first-order valence-corrected chi connectivity index (χ1v) is 6.58. The van der Waals surface area contributed by atoms with Crippen molar-refractivity contribution in [3.8, 4) is 11.1 Å². The Kier molecular flexibility index (Phi) is 2.35. The van der Waals surface area contributed by atoms with E-state index in [1.807, 2.05) is 18.2 Å². The molecule has 5 heteroatoms. The van der Waals surface area contributed by atoms with Gasteiger partial charge >= 0.3 is 0 Å². The third-order valence-electron chi connectivity index (χ3n) is 3.70. The fourth-order valence-corrected chi connectivity index (χ4v) is 2.68. The van der Waals surface area contributed by atoms with Gasteiger partial charge in [-0.25, -0.2) is 5.10 Å². The first-order chi connectivity index (χ1) is 10.2. The number of H-pyrrole nitrogens is 2. The van der Waals surface area contributed by atoms with E-state index in [4.69, 9.17) is 5.73 Å². The molecule has 4 rings (SSSR count). The van der Waals surface area contributed by atoms with Crippen LogP contribution in [-0.4, -0.2) is 15.2 Å². The highest BCUT2D eigenvalue weighted by atomic mass is 16.1. The first kappa shape index (κ1) is 11.7. The monoisotopic (exact) mass is 276 g/mol. The van der Waals surface area contributed by atoms with Crippen molar-refractivity contribution in [1.29, 1.82) is 0 Å². The van der Waals surface area contributed by atoms with E-state index in [-0.39, 0.29) is 5.56 Å². The molecule has 0 unspecified atom stereocenters. The van der Waals surface area contributed by atoms with Gasteiger partial charge in [0, 0.05) is 11.8 Å². The van der Waals surface area contributed by atoms with Gasteiger partial charge < -0.3 is 10.7 Å². The first-order valence-electron chi connectivity index (χ1n) is 6.58. The molecule has 0 saturated carbocycles. The Morgan fingerprint density at radius 2 is 1.86 bits per heavy atom. The quantitative estimate of drug-likeness (QED) is 0.499. The maximum absolute atomic E-state index is 11.8. The van der Waals surface area contributed by atoms with Gasteiger partial charge in [-0.1, -0.05) is 36.4 Å². The summed E-state index contributed by atoms with van der Waals surface area (Å²) < 4.78 is 0. The van der Waals surface area contributed by atoms with Crippen molar-refractivity contribution in [3.63, 3.8) is 0 Å². The normalized spacial score (nSPS) is 11.2. The van der Waals surface area contributed by atoms with Crippen LogP contribution >= 0.6 is 0 Å². The van der Waals surface area contributed by atoms with Crippen LogP contribution in [-0.2, 0) is 0 Å². The van der Waals surface area contributed by atoms with Crippen molar-refractivity contribution >= 4 is 27.5 Å². The third kappa shape index (κ3) is 1.71. The maximum atomic E-state index is 11.8. The summed E-state index contributed by atoms with van der Waals surface area (Å²) in [5.74, 6) is 0.314. The van der Waals surface area contributed by atoms with Gasteiger partial charge in [-0.2, -0.15) is 5.10 Å². The molecular formula is C16H12N4O. The van der Waals surface area contributed by atoms with Crippen molar-refractivity contribution in [2.24, 2.45) is 0 Å². The number of nitrogen functional groups attached to an aromatic ring is 1. The Hall–Kier alpha value is -3.08. The summed E-state index contributed by atoms with van der Waals surface area (Å²) in [7, 11) is 0. The smallest absolute Gasteiger partial charge is 0.288 e. The second kappa shape index (κ2) is 4.21. The average Bonchev–Trinajstić information content (AvgIpc) is 2.97. The van der Waals surface area contributed by atoms with Gasteiger partial charge in [-0.05, 0) is 22.4 Å². The van der Waals surface area contributed by atoms with Gasteiger partial charge in [-0.15, -0.1) is 0 Å². The van der Waals surface area contributed by atoms with Crippen LogP contribution in [0.4, 0.5) is 5.82 Å². The molecule has 0 saturated heterocycles. The predicted molar refractivity (Wildman–Crippen MR) is 84.1 cm³/mol. The largest absolute Gasteiger partial charge is 0.382 e. The Labute approximate surface area is 119 Å². The van der Waals surface area contributed by atoms with E-state index in [1.54, 1.807) is 6.20 Å². The number of aromatic nitrogens is 3. The summed E-state index contributed by atoms with van der Waals surface area (Å²) in [5, 5.41) is 9.20. The number of benzene rings is 2.